The molecule has 38 heavy (non-hydrogen) atoms. The third-order valence-electron chi connectivity index (χ3n) is 7.85. The van der Waals surface area contributed by atoms with Crippen molar-refractivity contribution in [3.8, 4) is 0 Å². The van der Waals surface area contributed by atoms with E-state index >= 15 is 0 Å². The molecular formula is C35H27NOSe. The van der Waals surface area contributed by atoms with Crippen LogP contribution in [-0.2, 0) is 12.8 Å². The molecule has 0 atom stereocenters. The standard InChI is InChI=1S/C35H27NOSe/c1-22-10-3-6-14-30(22)36(31-15-7-4-11-23(31)2)32-16-9-12-24-18-25-21-34-29(20-26(25)19-28(24)32)35(37)27-13-5-8-17-33(27)38-34/h3-17,20-21H,18-19H2,1-2H3. The SMILES string of the molecule is Cc1ccccc1N(c1ccccc1C)c1cccc2c1Cc1cc3c(=O)c4ccccc4[se]c3cc1C2. The number of nitrogens with zero attached hydrogens (tertiary/aromatic N) is 1. The zero-order chi connectivity index (χ0) is 25.8. The van der Waals surface area contributed by atoms with E-state index < -0.39 is 0 Å². The van der Waals surface area contributed by atoms with Crippen LogP contribution in [0.2, 0.25) is 0 Å². The van der Waals surface area contributed by atoms with Crippen LogP contribution in [0, 0.1) is 13.8 Å². The number of hydrogen-bond donors (Lipinski definition) is 0. The van der Waals surface area contributed by atoms with Crippen molar-refractivity contribution >= 4 is 50.9 Å². The predicted octanol–water partition coefficient (Wildman–Crippen LogP) is 7.99. The molecule has 1 aromatic heterocycles. The van der Waals surface area contributed by atoms with Gasteiger partial charge in [-0.25, -0.2) is 0 Å². The monoisotopic (exact) mass is 557 g/mol. The fourth-order valence-corrected chi connectivity index (χ4v) is 8.22. The molecule has 0 saturated heterocycles. The maximum atomic E-state index is 13.5. The zero-order valence-corrected chi connectivity index (χ0v) is 23.2. The molecule has 1 aliphatic rings. The quantitative estimate of drug-likeness (QED) is 0.162. The molecule has 5 aromatic carbocycles. The summed E-state index contributed by atoms with van der Waals surface area (Å²) in [7, 11) is 0. The number of benzene rings is 5. The second-order valence-electron chi connectivity index (χ2n) is 10.2. The van der Waals surface area contributed by atoms with E-state index in [4.69, 9.17) is 0 Å². The number of fused-ring (bicyclic) bond motifs is 4. The Morgan fingerprint density at radius 2 is 1.21 bits per heavy atom. The van der Waals surface area contributed by atoms with Crippen LogP contribution in [0.1, 0.15) is 33.4 Å². The fourth-order valence-electron chi connectivity index (χ4n) is 5.88. The van der Waals surface area contributed by atoms with Crippen LogP contribution in [0.15, 0.2) is 108 Å². The van der Waals surface area contributed by atoms with E-state index in [-0.39, 0.29) is 19.9 Å². The average Bonchev–Trinajstić information content (AvgIpc) is 2.93. The molecule has 1 aliphatic carbocycles. The van der Waals surface area contributed by atoms with Gasteiger partial charge in [0.25, 0.3) is 0 Å². The second kappa shape index (κ2) is 9.13. The third kappa shape index (κ3) is 3.74. The van der Waals surface area contributed by atoms with Crippen molar-refractivity contribution in [1.29, 1.82) is 0 Å². The molecule has 0 amide bonds. The molecule has 0 radical (unpaired) electrons. The van der Waals surface area contributed by atoms with E-state index in [0.717, 1.165) is 23.6 Å². The van der Waals surface area contributed by atoms with Gasteiger partial charge in [0, 0.05) is 0 Å². The van der Waals surface area contributed by atoms with Crippen molar-refractivity contribution in [1.82, 2.24) is 0 Å². The summed E-state index contributed by atoms with van der Waals surface area (Å²) in [5, 5.41) is 1.78. The molecule has 0 saturated carbocycles. The van der Waals surface area contributed by atoms with Crippen LogP contribution in [-0.4, -0.2) is 14.5 Å². The van der Waals surface area contributed by atoms with Gasteiger partial charge < -0.3 is 0 Å². The Balaban J connectivity index is 1.42. The first kappa shape index (κ1) is 23.2. The van der Waals surface area contributed by atoms with Gasteiger partial charge in [-0.05, 0) is 0 Å². The number of aryl methyl sites for hydroxylation is 2. The van der Waals surface area contributed by atoms with Gasteiger partial charge >= 0.3 is 229 Å². The Morgan fingerprint density at radius 1 is 0.579 bits per heavy atom. The molecule has 3 heteroatoms. The summed E-state index contributed by atoms with van der Waals surface area (Å²) in [6.45, 7) is 4.37. The summed E-state index contributed by atoms with van der Waals surface area (Å²) >= 11 is 0.156. The van der Waals surface area contributed by atoms with Gasteiger partial charge in [0.15, 0.2) is 0 Å². The summed E-state index contributed by atoms with van der Waals surface area (Å²) in [6, 6.07) is 36.6. The van der Waals surface area contributed by atoms with Gasteiger partial charge in [-0.1, -0.05) is 0 Å². The first-order valence-corrected chi connectivity index (χ1v) is 14.8. The second-order valence-corrected chi connectivity index (χ2v) is 12.5. The minimum absolute atomic E-state index is 0.156. The molecule has 0 fully saturated rings. The summed E-state index contributed by atoms with van der Waals surface area (Å²) in [5.74, 6) is 0. The average molecular weight is 557 g/mol. The normalized spacial score (nSPS) is 12.4. The van der Waals surface area contributed by atoms with E-state index in [9.17, 15) is 4.79 Å². The van der Waals surface area contributed by atoms with E-state index in [1.54, 1.807) is 0 Å². The molecule has 0 bridgehead atoms. The molecule has 2 nitrogen and oxygen atoms in total. The van der Waals surface area contributed by atoms with Crippen molar-refractivity contribution in [3.63, 3.8) is 0 Å². The Hall–Kier alpha value is -3.91. The van der Waals surface area contributed by atoms with Gasteiger partial charge in [0.05, 0.1) is 0 Å². The Bertz CT molecular complexity index is 1890. The first-order chi connectivity index (χ1) is 18.6. The van der Waals surface area contributed by atoms with Crippen molar-refractivity contribution in [2.24, 2.45) is 0 Å². The number of para-hydroxylation sites is 2. The van der Waals surface area contributed by atoms with Gasteiger partial charge in [-0.3, -0.25) is 0 Å². The van der Waals surface area contributed by atoms with Gasteiger partial charge in [-0.2, -0.15) is 0 Å². The van der Waals surface area contributed by atoms with Gasteiger partial charge in [-0.15, -0.1) is 0 Å². The van der Waals surface area contributed by atoms with Crippen molar-refractivity contribution in [3.05, 3.63) is 147 Å². The molecule has 0 aliphatic heterocycles. The van der Waals surface area contributed by atoms with Crippen LogP contribution in [0.3, 0.4) is 0 Å². The maximum absolute atomic E-state index is 13.5. The zero-order valence-electron chi connectivity index (χ0n) is 21.5. The Kier molecular flexibility index (Phi) is 5.58. The summed E-state index contributed by atoms with van der Waals surface area (Å²) < 4.78 is 2.42. The topological polar surface area (TPSA) is 20.3 Å². The molecule has 0 unspecified atom stereocenters. The fraction of sp³-hybridized carbons (Fsp3) is 0.114. The predicted molar refractivity (Wildman–Crippen MR) is 161 cm³/mol. The van der Waals surface area contributed by atoms with E-state index in [0.29, 0.717) is 0 Å². The molecule has 7 rings (SSSR count). The number of hydrogen-bond acceptors (Lipinski definition) is 2. The van der Waals surface area contributed by atoms with Gasteiger partial charge in [0.2, 0.25) is 0 Å². The van der Waals surface area contributed by atoms with Crippen LogP contribution in [0.4, 0.5) is 17.1 Å². The van der Waals surface area contributed by atoms with Crippen LogP contribution >= 0.6 is 0 Å². The third-order valence-corrected chi connectivity index (χ3v) is 10.2. The van der Waals surface area contributed by atoms with Crippen molar-refractivity contribution < 1.29 is 0 Å². The van der Waals surface area contributed by atoms with E-state index in [1.807, 2.05) is 18.2 Å². The van der Waals surface area contributed by atoms with Crippen LogP contribution in [0.5, 0.6) is 0 Å². The summed E-state index contributed by atoms with van der Waals surface area (Å²) in [5.41, 5.74) is 11.6. The van der Waals surface area contributed by atoms with Crippen molar-refractivity contribution in [2.45, 2.75) is 26.7 Å². The van der Waals surface area contributed by atoms with E-state index in [2.05, 4.69) is 104 Å². The Labute approximate surface area is 228 Å². The van der Waals surface area contributed by atoms with Gasteiger partial charge in [0.1, 0.15) is 0 Å². The number of anilines is 3. The van der Waals surface area contributed by atoms with E-state index in [1.165, 1.54) is 59.0 Å². The molecular weight excluding hydrogens is 529 g/mol. The molecule has 6 aromatic rings. The molecule has 184 valence electrons. The summed E-state index contributed by atoms with van der Waals surface area (Å²) in [4.78, 5) is 15.9. The molecule has 0 spiro atoms. The van der Waals surface area contributed by atoms with Crippen LogP contribution < -0.4 is 10.3 Å². The first-order valence-electron chi connectivity index (χ1n) is 13.1. The number of rotatable bonds is 3. The molecule has 0 N–H and O–H groups in total. The minimum atomic E-state index is 0.156. The molecule has 1 heterocycles. The Morgan fingerprint density at radius 3 is 1.95 bits per heavy atom. The van der Waals surface area contributed by atoms with Crippen molar-refractivity contribution in [2.75, 3.05) is 4.90 Å². The summed E-state index contributed by atoms with van der Waals surface area (Å²) in [6.07, 6.45) is 1.72. The van der Waals surface area contributed by atoms with Crippen LogP contribution in [0.25, 0.3) is 19.3 Å².